The van der Waals surface area contributed by atoms with Gasteiger partial charge in [0.05, 0.1) is 10.6 Å². The van der Waals surface area contributed by atoms with Gasteiger partial charge in [-0.1, -0.05) is 23.3 Å². The van der Waals surface area contributed by atoms with Crippen molar-refractivity contribution in [3.8, 4) is 10.6 Å². The van der Waals surface area contributed by atoms with Crippen LogP contribution in [0.25, 0.3) is 10.6 Å². The van der Waals surface area contributed by atoms with Gasteiger partial charge in [0.15, 0.2) is 10.8 Å². The molecule has 0 bridgehead atoms. The number of anilines is 2. The van der Waals surface area contributed by atoms with E-state index in [0.29, 0.717) is 0 Å². The Morgan fingerprint density at radius 3 is 2.52 bits per heavy atom. The van der Waals surface area contributed by atoms with Gasteiger partial charge in [-0.2, -0.15) is 13.2 Å². The third-order valence-electron chi connectivity index (χ3n) is 4.77. The van der Waals surface area contributed by atoms with Crippen molar-refractivity contribution in [1.82, 2.24) is 19.3 Å². The minimum Gasteiger partial charge on any atom is -0.443 e. The number of carbonyl (C=O) groups is 1. The molecule has 2 aromatic rings. The molecule has 1 saturated heterocycles. The van der Waals surface area contributed by atoms with Gasteiger partial charge < -0.3 is 10.1 Å². The number of hydrogen-bond donors (Lipinski definition) is 1. The number of rotatable bonds is 5. The third-order valence-corrected chi connectivity index (χ3v) is 6.81. The molecule has 0 saturated carbocycles. The van der Waals surface area contributed by atoms with Crippen LogP contribution in [-0.2, 0) is 10.9 Å². The summed E-state index contributed by atoms with van der Waals surface area (Å²) in [5, 5.41) is 3.09. The number of nitrogens with zero attached hydrogens (tertiary/aromatic N) is 5. The Balaban J connectivity index is 1.86. The first-order valence-electron chi connectivity index (χ1n) is 10.3. The number of aromatic nitrogens is 3. The van der Waals surface area contributed by atoms with E-state index in [0.717, 1.165) is 42.2 Å². The largest absolute Gasteiger partial charge is 0.443 e. The summed E-state index contributed by atoms with van der Waals surface area (Å²) < 4.78 is 48.8. The van der Waals surface area contributed by atoms with Crippen molar-refractivity contribution in [1.29, 1.82) is 0 Å². The van der Waals surface area contributed by atoms with Crippen LogP contribution in [0.4, 0.5) is 29.0 Å². The average molecular weight is 505 g/mol. The van der Waals surface area contributed by atoms with Crippen LogP contribution in [0.3, 0.4) is 0 Å². The molecule has 0 radical (unpaired) electrons. The molecular formula is C20H27F3N6O2S2. The summed E-state index contributed by atoms with van der Waals surface area (Å²) >= 11 is 2.42. The Morgan fingerprint density at radius 1 is 1.27 bits per heavy atom. The van der Waals surface area contributed by atoms with E-state index in [2.05, 4.69) is 24.6 Å². The first kappa shape index (κ1) is 25.5. The molecule has 1 fully saturated rings. The normalized spacial score (nSPS) is 16.0. The molecule has 1 aliphatic rings. The fourth-order valence-electron chi connectivity index (χ4n) is 3.15. The van der Waals surface area contributed by atoms with Crippen LogP contribution in [0, 0.1) is 0 Å². The van der Waals surface area contributed by atoms with Crippen molar-refractivity contribution in [2.75, 3.05) is 36.6 Å². The van der Waals surface area contributed by atoms with E-state index < -0.39 is 23.6 Å². The van der Waals surface area contributed by atoms with Gasteiger partial charge in [-0.3, -0.25) is 9.21 Å². The molecule has 0 atom stereocenters. The summed E-state index contributed by atoms with van der Waals surface area (Å²) in [7, 11) is 1.32. The fourth-order valence-corrected chi connectivity index (χ4v) is 4.73. The van der Waals surface area contributed by atoms with E-state index in [1.54, 1.807) is 32.7 Å². The number of thiazole rings is 1. The van der Waals surface area contributed by atoms with Gasteiger partial charge in [0.2, 0.25) is 5.95 Å². The zero-order valence-electron chi connectivity index (χ0n) is 19.1. The third kappa shape index (κ3) is 6.70. The number of nitrogens with one attached hydrogen (secondary N) is 1. The van der Waals surface area contributed by atoms with Crippen LogP contribution in [0.5, 0.6) is 0 Å². The minimum atomic E-state index is -4.72. The lowest BCUT2D eigenvalue weighted by atomic mass is 10.1. The molecule has 0 aliphatic carbocycles. The van der Waals surface area contributed by atoms with Gasteiger partial charge in [-0.05, 0) is 45.9 Å². The van der Waals surface area contributed by atoms with Crippen LogP contribution < -0.4 is 10.2 Å². The molecule has 1 N–H and O–H groups in total. The van der Waals surface area contributed by atoms with Crippen molar-refractivity contribution in [3.05, 3.63) is 18.0 Å². The highest BCUT2D eigenvalue weighted by Gasteiger charge is 2.39. The van der Waals surface area contributed by atoms with E-state index in [1.165, 1.54) is 19.3 Å². The number of piperidine rings is 1. The molecule has 33 heavy (non-hydrogen) atoms. The van der Waals surface area contributed by atoms with E-state index in [4.69, 9.17) is 4.74 Å². The molecule has 8 nitrogen and oxygen atoms in total. The second-order valence-electron chi connectivity index (χ2n) is 8.51. The Labute approximate surface area is 199 Å². The highest BCUT2D eigenvalue weighted by Crippen LogP contribution is 2.42. The van der Waals surface area contributed by atoms with Crippen LogP contribution >= 0.6 is 23.3 Å². The van der Waals surface area contributed by atoms with E-state index in [1.807, 2.05) is 6.26 Å². The average Bonchev–Trinajstić information content (AvgIpc) is 3.19. The van der Waals surface area contributed by atoms with Gasteiger partial charge in [0, 0.05) is 32.4 Å². The Hall–Kier alpha value is -2.12. The SMILES string of the molecule is CSN1CCC(Nc2nccc(-c3sc(N(C)C(=O)OC(C)(C)C)nc3C(F)(F)F)n2)CC1. The molecule has 0 unspecified atom stereocenters. The smallest absolute Gasteiger partial charge is 0.434 e. The predicted molar refractivity (Wildman–Crippen MR) is 125 cm³/mol. The highest BCUT2D eigenvalue weighted by atomic mass is 32.2. The number of ether oxygens (including phenoxy) is 1. The quantitative estimate of drug-likeness (QED) is 0.560. The van der Waals surface area contributed by atoms with Crippen LogP contribution in [0.1, 0.15) is 39.3 Å². The van der Waals surface area contributed by atoms with Crippen molar-refractivity contribution in [2.45, 2.75) is 51.4 Å². The Kier molecular flexibility index (Phi) is 7.74. The molecule has 182 valence electrons. The van der Waals surface area contributed by atoms with Crippen LogP contribution in [0.15, 0.2) is 12.3 Å². The van der Waals surface area contributed by atoms with Gasteiger partial charge in [-0.15, -0.1) is 0 Å². The monoisotopic (exact) mass is 504 g/mol. The molecule has 3 heterocycles. The molecular weight excluding hydrogens is 477 g/mol. The van der Waals surface area contributed by atoms with Crippen LogP contribution in [0.2, 0.25) is 0 Å². The van der Waals surface area contributed by atoms with Gasteiger partial charge in [0.25, 0.3) is 0 Å². The lowest BCUT2D eigenvalue weighted by Gasteiger charge is -2.30. The Bertz CT molecular complexity index is 971. The van der Waals surface area contributed by atoms with E-state index >= 15 is 0 Å². The summed E-state index contributed by atoms with van der Waals surface area (Å²) in [4.78, 5) is 25.3. The number of alkyl halides is 3. The zero-order chi connectivity index (χ0) is 24.4. The lowest BCUT2D eigenvalue weighted by Crippen LogP contribution is -2.35. The molecule has 0 spiro atoms. The first-order chi connectivity index (χ1) is 15.4. The fraction of sp³-hybridized carbons (Fsp3) is 0.600. The molecule has 1 amide bonds. The molecule has 13 heteroatoms. The summed E-state index contributed by atoms with van der Waals surface area (Å²) in [6, 6.07) is 1.54. The van der Waals surface area contributed by atoms with Gasteiger partial charge >= 0.3 is 12.3 Å². The maximum atomic E-state index is 13.8. The molecule has 0 aromatic carbocycles. The second-order valence-corrected chi connectivity index (χ2v) is 10.4. The van der Waals surface area contributed by atoms with Crippen molar-refractivity contribution < 1.29 is 22.7 Å². The zero-order valence-corrected chi connectivity index (χ0v) is 20.7. The van der Waals surface area contributed by atoms with Crippen LogP contribution in [-0.4, -0.2) is 63.4 Å². The molecule has 3 rings (SSSR count). The van der Waals surface area contributed by atoms with Gasteiger partial charge in [0.1, 0.15) is 5.60 Å². The highest BCUT2D eigenvalue weighted by molar-refractivity contribution is 7.96. The van der Waals surface area contributed by atoms with Gasteiger partial charge in [-0.25, -0.2) is 19.7 Å². The molecule has 2 aromatic heterocycles. The maximum absolute atomic E-state index is 13.8. The topological polar surface area (TPSA) is 83.5 Å². The second kappa shape index (κ2) is 10.0. The number of halogens is 3. The Morgan fingerprint density at radius 2 is 1.94 bits per heavy atom. The number of carbonyl (C=O) groups excluding carboxylic acids is 1. The maximum Gasteiger partial charge on any atom is 0.434 e. The minimum absolute atomic E-state index is 0.0858. The summed E-state index contributed by atoms with van der Waals surface area (Å²) in [5.74, 6) is 0.263. The first-order valence-corrected chi connectivity index (χ1v) is 12.3. The van der Waals surface area contributed by atoms with E-state index in [9.17, 15) is 18.0 Å². The number of hydrogen-bond acceptors (Lipinski definition) is 9. The predicted octanol–water partition coefficient (Wildman–Crippen LogP) is 5.14. The summed E-state index contributed by atoms with van der Waals surface area (Å²) in [6.45, 7) is 6.84. The van der Waals surface area contributed by atoms with Crippen molar-refractivity contribution >= 4 is 40.5 Å². The standard InChI is InChI=1S/C20H27F3N6O2S2/c1-19(2,3)31-18(30)28(4)17-27-15(20(21,22)23)14(33-17)13-6-9-24-16(26-13)25-12-7-10-29(32-5)11-8-12/h6,9,12H,7-8,10-11H2,1-5H3,(H,24,25,26). The lowest BCUT2D eigenvalue weighted by molar-refractivity contribution is -0.140. The summed E-state index contributed by atoms with van der Waals surface area (Å²) in [6.07, 6.45) is -0.303. The summed E-state index contributed by atoms with van der Waals surface area (Å²) in [5.41, 5.74) is -1.81. The number of amides is 1. The molecule has 1 aliphatic heterocycles. The van der Waals surface area contributed by atoms with E-state index in [-0.39, 0.29) is 27.7 Å². The van der Waals surface area contributed by atoms with Crippen molar-refractivity contribution in [3.63, 3.8) is 0 Å². The van der Waals surface area contributed by atoms with Crippen molar-refractivity contribution in [2.24, 2.45) is 0 Å².